The fourth-order valence-corrected chi connectivity index (χ4v) is 11.0. The van der Waals surface area contributed by atoms with Gasteiger partial charge in [-0.3, -0.25) is 14.4 Å². The first kappa shape index (κ1) is 27.9. The number of ether oxygens (including phenoxy) is 2. The minimum absolute atomic E-state index is 0.0540. The Morgan fingerprint density at radius 3 is 2.29 bits per heavy atom. The minimum atomic E-state index is -0.487. The van der Waals surface area contributed by atoms with Crippen LogP contribution >= 0.6 is 0 Å². The van der Waals surface area contributed by atoms with Gasteiger partial charge in [0.25, 0.3) is 0 Å². The number of rotatable bonds is 3. The molecule has 0 N–H and O–H groups in total. The van der Waals surface area contributed by atoms with Crippen molar-refractivity contribution in [1.82, 2.24) is 0 Å². The first-order valence-corrected chi connectivity index (χ1v) is 15.1. The molecule has 0 spiro atoms. The molecule has 0 heterocycles. The number of carbonyl (C=O) groups is 3. The van der Waals surface area contributed by atoms with E-state index < -0.39 is 5.41 Å². The molecule has 0 saturated heterocycles. The molecule has 0 radical (unpaired) electrons. The summed E-state index contributed by atoms with van der Waals surface area (Å²) in [6.07, 6.45) is 11.6. The minimum Gasteiger partial charge on any atom is -0.469 e. The average molecular weight is 527 g/mol. The van der Waals surface area contributed by atoms with Gasteiger partial charge in [0, 0.05) is 24.2 Å². The molecular weight excluding hydrogens is 476 g/mol. The Labute approximate surface area is 229 Å². The van der Waals surface area contributed by atoms with Gasteiger partial charge in [-0.05, 0) is 91.8 Å². The van der Waals surface area contributed by atoms with Crippen LogP contribution in [0.1, 0.15) is 113 Å². The van der Waals surface area contributed by atoms with Crippen molar-refractivity contribution in [1.29, 1.82) is 0 Å². The van der Waals surface area contributed by atoms with E-state index in [1.54, 1.807) is 0 Å². The average Bonchev–Trinajstić information content (AvgIpc) is 2.84. The molecule has 212 valence electrons. The van der Waals surface area contributed by atoms with E-state index in [4.69, 9.17) is 9.47 Å². The summed E-state index contributed by atoms with van der Waals surface area (Å²) >= 11 is 0. The molecule has 0 aromatic heterocycles. The smallest absolute Gasteiger partial charge is 0.312 e. The monoisotopic (exact) mass is 526 g/mol. The second-order valence-corrected chi connectivity index (χ2v) is 15.5. The van der Waals surface area contributed by atoms with Gasteiger partial charge in [0.1, 0.15) is 12.4 Å². The second-order valence-electron chi connectivity index (χ2n) is 15.5. The number of esters is 2. The van der Waals surface area contributed by atoms with E-state index in [-0.39, 0.29) is 44.9 Å². The summed E-state index contributed by atoms with van der Waals surface area (Å²) in [6.45, 7) is 15.8. The maximum Gasteiger partial charge on any atom is 0.312 e. The summed E-state index contributed by atoms with van der Waals surface area (Å²) in [5.74, 6) is 0.993. The van der Waals surface area contributed by atoms with Crippen LogP contribution in [0.2, 0.25) is 0 Å². The van der Waals surface area contributed by atoms with Crippen LogP contribution in [0.15, 0.2) is 11.6 Å². The van der Waals surface area contributed by atoms with Gasteiger partial charge in [0.15, 0.2) is 0 Å². The highest BCUT2D eigenvalue weighted by molar-refractivity contribution is 5.85. The first-order chi connectivity index (χ1) is 17.6. The van der Waals surface area contributed by atoms with Crippen LogP contribution < -0.4 is 0 Å². The SMILES string of the molecule is COC(=O)[C@]12CCC(C)(C)CC1C1=CC[C@@H]3[C@@]4(C)CCC(=O)C(C)(C)C4CC[C@@]3(C)[C@]1(COC(C)=O)CC2. The van der Waals surface area contributed by atoms with Gasteiger partial charge in [-0.15, -0.1) is 0 Å². The predicted octanol–water partition coefficient (Wildman–Crippen LogP) is 7.07. The van der Waals surface area contributed by atoms with E-state index in [2.05, 4.69) is 47.6 Å². The summed E-state index contributed by atoms with van der Waals surface area (Å²) in [6, 6.07) is 0. The standard InChI is InChI=1S/C33H50O5/c1-21(34)38-20-33-18-17-32(27(36)37-8)16-15-28(2,3)19-23(32)22(33)9-10-25-30(6)13-12-26(35)29(4,5)24(30)11-14-31(25,33)7/h9,23-25H,10-20H2,1-8H3/t23?,24?,25-,30+,31-,32+,33+/m1/s1. The molecule has 7 atom stereocenters. The number of hydrogen-bond acceptors (Lipinski definition) is 5. The zero-order valence-corrected chi connectivity index (χ0v) is 25.1. The molecule has 5 aliphatic rings. The summed E-state index contributed by atoms with van der Waals surface area (Å²) in [5, 5.41) is 0. The largest absolute Gasteiger partial charge is 0.469 e. The van der Waals surface area contributed by atoms with Crippen molar-refractivity contribution in [3.05, 3.63) is 11.6 Å². The molecule has 0 bridgehead atoms. The van der Waals surface area contributed by atoms with Crippen LogP contribution in [0.5, 0.6) is 0 Å². The molecule has 0 amide bonds. The van der Waals surface area contributed by atoms with Crippen LogP contribution in [0.4, 0.5) is 0 Å². The van der Waals surface area contributed by atoms with Gasteiger partial charge >= 0.3 is 11.9 Å². The Morgan fingerprint density at radius 1 is 0.947 bits per heavy atom. The van der Waals surface area contributed by atoms with Crippen LogP contribution in [-0.4, -0.2) is 31.4 Å². The third-order valence-corrected chi connectivity index (χ3v) is 13.2. The topological polar surface area (TPSA) is 69.7 Å². The number of fused-ring (bicyclic) bond motifs is 7. The van der Waals surface area contributed by atoms with Crippen molar-refractivity contribution in [2.45, 2.75) is 113 Å². The Hall–Kier alpha value is -1.65. The van der Waals surface area contributed by atoms with Crippen molar-refractivity contribution in [2.75, 3.05) is 13.7 Å². The van der Waals surface area contributed by atoms with Crippen LogP contribution in [0, 0.1) is 50.2 Å². The van der Waals surface area contributed by atoms with Crippen molar-refractivity contribution in [3.63, 3.8) is 0 Å². The quantitative estimate of drug-likeness (QED) is 0.290. The van der Waals surface area contributed by atoms with Crippen LogP contribution in [0.25, 0.3) is 0 Å². The third-order valence-electron chi connectivity index (χ3n) is 13.2. The van der Waals surface area contributed by atoms with Gasteiger partial charge in [-0.25, -0.2) is 0 Å². The van der Waals surface area contributed by atoms with Crippen LogP contribution in [0.3, 0.4) is 0 Å². The highest BCUT2D eigenvalue weighted by atomic mass is 16.5. The van der Waals surface area contributed by atoms with E-state index in [0.717, 1.165) is 57.8 Å². The lowest BCUT2D eigenvalue weighted by Gasteiger charge is -2.70. The van der Waals surface area contributed by atoms with Gasteiger partial charge in [0.2, 0.25) is 0 Å². The predicted molar refractivity (Wildman–Crippen MR) is 147 cm³/mol. The number of ketones is 1. The zero-order valence-electron chi connectivity index (χ0n) is 25.1. The lowest BCUT2D eigenvalue weighted by Crippen LogP contribution is -2.66. The first-order valence-electron chi connectivity index (χ1n) is 15.1. The lowest BCUT2D eigenvalue weighted by atomic mass is 9.33. The van der Waals surface area contributed by atoms with E-state index in [1.807, 2.05) is 0 Å². The Bertz CT molecular complexity index is 1070. The van der Waals surface area contributed by atoms with Gasteiger partial charge in [0.05, 0.1) is 12.5 Å². The molecular formula is C33H50O5. The highest BCUT2D eigenvalue weighted by Crippen LogP contribution is 2.75. The number of Topliss-reactive ketones (excluding diaryl/α,β-unsaturated/α-hetero) is 1. The zero-order chi connectivity index (χ0) is 27.9. The Balaban J connectivity index is 1.66. The molecule has 0 aromatic carbocycles. The lowest BCUT2D eigenvalue weighted by molar-refractivity contribution is -0.203. The molecule has 5 heteroatoms. The number of methoxy groups -OCH3 is 1. The van der Waals surface area contributed by atoms with Crippen molar-refractivity contribution >= 4 is 17.7 Å². The number of allylic oxidation sites excluding steroid dienone is 1. The summed E-state index contributed by atoms with van der Waals surface area (Å²) in [7, 11) is 1.54. The summed E-state index contributed by atoms with van der Waals surface area (Å²) in [5.41, 5.74) is 0.409. The molecule has 4 saturated carbocycles. The molecule has 2 unspecified atom stereocenters. The second kappa shape index (κ2) is 8.67. The van der Waals surface area contributed by atoms with E-state index in [0.29, 0.717) is 30.6 Å². The molecule has 5 aliphatic carbocycles. The van der Waals surface area contributed by atoms with Crippen molar-refractivity contribution in [2.24, 2.45) is 50.2 Å². The van der Waals surface area contributed by atoms with Crippen molar-refractivity contribution < 1.29 is 23.9 Å². The fraction of sp³-hybridized carbons (Fsp3) is 0.848. The van der Waals surface area contributed by atoms with Gasteiger partial charge in [-0.2, -0.15) is 0 Å². The van der Waals surface area contributed by atoms with Gasteiger partial charge < -0.3 is 9.47 Å². The number of hydrogen-bond donors (Lipinski definition) is 0. The van der Waals surface area contributed by atoms with E-state index >= 15 is 0 Å². The maximum absolute atomic E-state index is 13.5. The summed E-state index contributed by atoms with van der Waals surface area (Å²) < 4.78 is 11.5. The Morgan fingerprint density at radius 2 is 1.63 bits per heavy atom. The molecule has 0 aromatic rings. The van der Waals surface area contributed by atoms with Crippen molar-refractivity contribution in [3.8, 4) is 0 Å². The third kappa shape index (κ3) is 3.58. The summed E-state index contributed by atoms with van der Waals surface area (Å²) in [4.78, 5) is 38.9. The van der Waals surface area contributed by atoms with E-state index in [1.165, 1.54) is 19.6 Å². The van der Waals surface area contributed by atoms with Crippen LogP contribution in [-0.2, 0) is 23.9 Å². The molecule has 0 aliphatic heterocycles. The van der Waals surface area contributed by atoms with Gasteiger partial charge in [-0.1, -0.05) is 53.2 Å². The molecule has 4 fully saturated rings. The normalized spacial score (nSPS) is 44.9. The van der Waals surface area contributed by atoms with E-state index in [9.17, 15) is 14.4 Å². The molecule has 5 rings (SSSR count). The number of carbonyl (C=O) groups excluding carboxylic acids is 3. The maximum atomic E-state index is 13.5. The molecule has 5 nitrogen and oxygen atoms in total. The highest BCUT2D eigenvalue weighted by Gasteiger charge is 2.71. The molecule has 38 heavy (non-hydrogen) atoms. The fourth-order valence-electron chi connectivity index (χ4n) is 11.0. The Kier molecular flexibility index (Phi) is 6.37.